The number of sulfonamides is 1. The van der Waals surface area contributed by atoms with E-state index in [1.807, 2.05) is 19.1 Å². The van der Waals surface area contributed by atoms with E-state index in [1.165, 1.54) is 31.4 Å². The Morgan fingerprint density at radius 1 is 1.10 bits per heavy atom. The third-order valence-corrected chi connectivity index (χ3v) is 6.97. The maximum atomic E-state index is 12.8. The van der Waals surface area contributed by atoms with Crippen molar-refractivity contribution in [1.82, 2.24) is 9.62 Å². The van der Waals surface area contributed by atoms with Crippen LogP contribution >= 0.6 is 0 Å². The molecule has 0 bridgehead atoms. The summed E-state index contributed by atoms with van der Waals surface area (Å²) >= 11 is 0. The van der Waals surface area contributed by atoms with Gasteiger partial charge in [-0.05, 0) is 67.6 Å². The number of nitrogens with one attached hydrogen (secondary N) is 2. The molecule has 0 radical (unpaired) electrons. The number of piperidine rings is 1. The summed E-state index contributed by atoms with van der Waals surface area (Å²) in [5.41, 5.74) is 3.44. The normalized spacial score (nSPS) is 15.8. The van der Waals surface area contributed by atoms with Gasteiger partial charge in [-0.15, -0.1) is 0 Å². The van der Waals surface area contributed by atoms with Gasteiger partial charge in [-0.3, -0.25) is 9.69 Å². The molecule has 2 N–H and O–H groups in total. The molecule has 3 rings (SSSR count). The van der Waals surface area contributed by atoms with Crippen LogP contribution in [0, 0.1) is 12.8 Å². The molecule has 1 aliphatic rings. The van der Waals surface area contributed by atoms with Crippen molar-refractivity contribution in [3.63, 3.8) is 0 Å². The van der Waals surface area contributed by atoms with Crippen molar-refractivity contribution in [3.8, 4) is 0 Å². The number of amides is 1. The molecule has 0 atom stereocenters. The van der Waals surface area contributed by atoms with Crippen molar-refractivity contribution in [2.75, 3.05) is 18.4 Å². The van der Waals surface area contributed by atoms with Crippen molar-refractivity contribution in [2.24, 2.45) is 5.92 Å². The first-order valence-electron chi connectivity index (χ1n) is 10.4. The van der Waals surface area contributed by atoms with E-state index in [2.05, 4.69) is 34.0 Å². The van der Waals surface area contributed by atoms with Gasteiger partial charge < -0.3 is 5.32 Å². The fourth-order valence-electron chi connectivity index (χ4n) is 3.67. The lowest BCUT2D eigenvalue weighted by atomic mass is 9.98. The molecule has 1 amide bonds. The molecular formula is C23H31N3O3S. The van der Waals surface area contributed by atoms with Crippen LogP contribution in [0.4, 0.5) is 5.69 Å². The van der Waals surface area contributed by atoms with Crippen molar-refractivity contribution in [2.45, 2.75) is 51.6 Å². The van der Waals surface area contributed by atoms with Crippen molar-refractivity contribution < 1.29 is 13.2 Å². The lowest BCUT2D eigenvalue weighted by Crippen LogP contribution is -2.32. The van der Waals surface area contributed by atoms with Crippen LogP contribution in [0.25, 0.3) is 0 Å². The molecule has 1 heterocycles. The highest BCUT2D eigenvalue weighted by molar-refractivity contribution is 7.89. The second kappa shape index (κ2) is 9.73. The Kier molecular flexibility index (Phi) is 7.28. The second-order valence-electron chi connectivity index (χ2n) is 8.26. The minimum atomic E-state index is -3.69. The summed E-state index contributed by atoms with van der Waals surface area (Å²) in [6.45, 7) is 8.86. The van der Waals surface area contributed by atoms with Gasteiger partial charge in [0.1, 0.15) is 0 Å². The monoisotopic (exact) mass is 429 g/mol. The number of benzene rings is 2. The number of nitrogens with zero attached hydrogens (tertiary/aromatic N) is 1. The van der Waals surface area contributed by atoms with Gasteiger partial charge >= 0.3 is 0 Å². The topological polar surface area (TPSA) is 78.5 Å². The zero-order valence-corrected chi connectivity index (χ0v) is 18.8. The highest BCUT2D eigenvalue weighted by Gasteiger charge is 2.17. The van der Waals surface area contributed by atoms with Gasteiger partial charge in [-0.1, -0.05) is 37.3 Å². The predicted octanol–water partition coefficient (Wildman–Crippen LogP) is 3.66. The van der Waals surface area contributed by atoms with E-state index in [-0.39, 0.29) is 17.3 Å². The van der Waals surface area contributed by atoms with Gasteiger partial charge in [0.2, 0.25) is 15.9 Å². The number of rotatable bonds is 7. The van der Waals surface area contributed by atoms with Gasteiger partial charge in [-0.25, -0.2) is 13.1 Å². The molecule has 0 saturated carbocycles. The minimum Gasteiger partial charge on any atom is -0.326 e. The van der Waals surface area contributed by atoms with Crippen LogP contribution < -0.4 is 10.0 Å². The first-order chi connectivity index (χ1) is 14.2. The van der Waals surface area contributed by atoms with E-state index < -0.39 is 10.0 Å². The predicted molar refractivity (Wildman–Crippen MR) is 120 cm³/mol. The zero-order chi connectivity index (χ0) is 21.7. The third-order valence-electron chi connectivity index (χ3n) is 5.57. The number of carbonyl (C=O) groups is 1. The van der Waals surface area contributed by atoms with E-state index >= 15 is 0 Å². The van der Waals surface area contributed by atoms with Crippen LogP contribution in [-0.4, -0.2) is 32.3 Å². The summed E-state index contributed by atoms with van der Waals surface area (Å²) in [6, 6.07) is 12.8. The van der Waals surface area contributed by atoms with E-state index in [0.29, 0.717) is 5.69 Å². The van der Waals surface area contributed by atoms with Crippen molar-refractivity contribution in [3.05, 3.63) is 59.2 Å². The molecule has 1 saturated heterocycles. The Balaban J connectivity index is 1.65. The summed E-state index contributed by atoms with van der Waals surface area (Å²) < 4.78 is 28.2. The second-order valence-corrected chi connectivity index (χ2v) is 10.0. The van der Waals surface area contributed by atoms with Gasteiger partial charge in [-0.2, -0.15) is 0 Å². The largest absolute Gasteiger partial charge is 0.326 e. The van der Waals surface area contributed by atoms with Gasteiger partial charge in [0.15, 0.2) is 0 Å². The lowest BCUT2D eigenvalue weighted by molar-refractivity contribution is -0.114. The summed E-state index contributed by atoms with van der Waals surface area (Å²) in [7, 11) is -3.69. The summed E-state index contributed by atoms with van der Waals surface area (Å²) in [6.07, 6.45) is 2.47. The minimum absolute atomic E-state index is 0.135. The molecule has 0 aromatic heterocycles. The maximum Gasteiger partial charge on any atom is 0.240 e. The molecule has 0 aliphatic carbocycles. The number of hydrogen-bond donors (Lipinski definition) is 2. The molecule has 0 unspecified atom stereocenters. The molecule has 30 heavy (non-hydrogen) atoms. The highest BCUT2D eigenvalue weighted by Crippen LogP contribution is 2.21. The number of hydrogen-bond acceptors (Lipinski definition) is 4. The summed E-state index contributed by atoms with van der Waals surface area (Å²) in [4.78, 5) is 13.9. The number of carbonyl (C=O) groups excluding carboxylic acids is 1. The molecule has 7 heteroatoms. The van der Waals surface area contributed by atoms with E-state index in [0.717, 1.165) is 36.7 Å². The van der Waals surface area contributed by atoms with Crippen LogP contribution in [-0.2, 0) is 27.9 Å². The van der Waals surface area contributed by atoms with Crippen LogP contribution in [0.1, 0.15) is 43.4 Å². The quantitative estimate of drug-likeness (QED) is 0.704. The first-order valence-corrected chi connectivity index (χ1v) is 11.9. The van der Waals surface area contributed by atoms with Gasteiger partial charge in [0, 0.05) is 25.7 Å². The zero-order valence-electron chi connectivity index (χ0n) is 17.9. The van der Waals surface area contributed by atoms with E-state index in [4.69, 9.17) is 0 Å². The van der Waals surface area contributed by atoms with Gasteiger partial charge in [0.25, 0.3) is 0 Å². The Morgan fingerprint density at radius 2 is 1.80 bits per heavy atom. The lowest BCUT2D eigenvalue weighted by Gasteiger charge is -2.30. The van der Waals surface area contributed by atoms with Crippen LogP contribution in [0.3, 0.4) is 0 Å². The molecule has 162 valence electrons. The SMILES string of the molecule is CC(=O)Nc1cc(S(=O)(=O)NCc2cccc(CN3CCC(C)CC3)c2)ccc1C. The Hall–Kier alpha value is -2.22. The number of likely N-dealkylation sites (tertiary alicyclic amines) is 1. The molecular weight excluding hydrogens is 398 g/mol. The number of anilines is 1. The average molecular weight is 430 g/mol. The van der Waals surface area contributed by atoms with Crippen LogP contribution in [0.5, 0.6) is 0 Å². The Morgan fingerprint density at radius 3 is 2.50 bits per heavy atom. The fraction of sp³-hybridized carbons (Fsp3) is 0.435. The average Bonchev–Trinajstić information content (AvgIpc) is 2.70. The van der Waals surface area contributed by atoms with E-state index in [1.54, 1.807) is 12.1 Å². The maximum absolute atomic E-state index is 12.8. The molecule has 2 aromatic rings. The summed E-state index contributed by atoms with van der Waals surface area (Å²) in [5.74, 6) is 0.565. The van der Waals surface area contributed by atoms with E-state index in [9.17, 15) is 13.2 Å². The fourth-order valence-corrected chi connectivity index (χ4v) is 4.71. The van der Waals surface area contributed by atoms with Crippen molar-refractivity contribution >= 4 is 21.6 Å². The Labute approximate surface area is 179 Å². The molecule has 1 aliphatic heterocycles. The smallest absolute Gasteiger partial charge is 0.240 e. The summed E-state index contributed by atoms with van der Waals surface area (Å²) in [5, 5.41) is 2.67. The van der Waals surface area contributed by atoms with Gasteiger partial charge in [0.05, 0.1) is 4.90 Å². The number of aryl methyl sites for hydroxylation is 1. The van der Waals surface area contributed by atoms with Crippen LogP contribution in [0.2, 0.25) is 0 Å². The Bertz CT molecular complexity index is 997. The first kappa shape index (κ1) is 22.5. The van der Waals surface area contributed by atoms with Crippen LogP contribution in [0.15, 0.2) is 47.4 Å². The molecule has 6 nitrogen and oxygen atoms in total. The third kappa shape index (κ3) is 6.14. The van der Waals surface area contributed by atoms with Crippen molar-refractivity contribution in [1.29, 1.82) is 0 Å². The standard InChI is InChI=1S/C23H31N3O3S/c1-17-9-11-26(12-10-17)16-21-6-4-5-20(13-21)15-24-30(28,29)22-8-7-18(2)23(14-22)25-19(3)27/h4-8,13-14,17,24H,9-12,15-16H2,1-3H3,(H,25,27). The molecule has 2 aromatic carbocycles. The molecule has 0 spiro atoms. The molecule has 1 fully saturated rings. The highest BCUT2D eigenvalue weighted by atomic mass is 32.2.